The van der Waals surface area contributed by atoms with Crippen LogP contribution in [0.25, 0.3) is 10.9 Å². The smallest absolute Gasteiger partial charge is 0.273 e. The van der Waals surface area contributed by atoms with Crippen LogP contribution in [0.2, 0.25) is 0 Å². The summed E-state index contributed by atoms with van der Waals surface area (Å²) < 4.78 is 56.8. The summed E-state index contributed by atoms with van der Waals surface area (Å²) in [7, 11) is 0. The third-order valence-electron chi connectivity index (χ3n) is 5.34. The number of hydrogen-bond donors (Lipinski definition) is 1. The van der Waals surface area contributed by atoms with Crippen molar-refractivity contribution in [2.75, 3.05) is 12.0 Å². The Balaban J connectivity index is 1.74. The van der Waals surface area contributed by atoms with Gasteiger partial charge >= 0.3 is 0 Å². The zero-order chi connectivity index (χ0) is 21.7. The van der Waals surface area contributed by atoms with E-state index in [1.54, 1.807) is 0 Å². The van der Waals surface area contributed by atoms with Crippen LogP contribution in [0.5, 0.6) is 0 Å². The molecule has 1 N–H and O–H groups in total. The molecule has 1 aliphatic rings. The summed E-state index contributed by atoms with van der Waals surface area (Å²) in [6.45, 7) is -0.159. The van der Waals surface area contributed by atoms with Gasteiger partial charge in [-0.25, -0.2) is 27.5 Å². The molecule has 3 aromatic rings. The fraction of sp³-hybridized carbons (Fsp3) is 0.350. The average molecular weight is 485 g/mol. The maximum absolute atomic E-state index is 14.5. The molecule has 30 heavy (non-hydrogen) atoms. The number of anilines is 1. The Morgan fingerprint density at radius 3 is 2.67 bits per heavy atom. The molecule has 2 aromatic heterocycles. The Morgan fingerprint density at radius 1 is 1.30 bits per heavy atom. The minimum atomic E-state index is -3.31. The number of nitrogens with one attached hydrogen (secondary N) is 1. The van der Waals surface area contributed by atoms with E-state index in [9.17, 15) is 22.4 Å². The van der Waals surface area contributed by atoms with Crippen molar-refractivity contribution in [2.45, 2.75) is 37.8 Å². The fourth-order valence-corrected chi connectivity index (χ4v) is 3.91. The van der Waals surface area contributed by atoms with Gasteiger partial charge in [0.15, 0.2) is 0 Å². The van der Waals surface area contributed by atoms with Gasteiger partial charge < -0.3 is 9.88 Å². The predicted octanol–water partition coefficient (Wildman–Crippen LogP) is 4.88. The van der Waals surface area contributed by atoms with Crippen LogP contribution < -0.4 is 10.9 Å². The van der Waals surface area contributed by atoms with E-state index in [1.165, 1.54) is 29.2 Å². The highest BCUT2D eigenvalue weighted by Gasteiger charge is 2.46. The molecule has 1 aromatic carbocycles. The van der Waals surface area contributed by atoms with Gasteiger partial charge in [0.05, 0.1) is 22.0 Å². The number of pyridine rings is 1. The van der Waals surface area contributed by atoms with Gasteiger partial charge in [-0.3, -0.25) is 4.79 Å². The molecule has 0 spiro atoms. The number of alkyl halides is 3. The first kappa shape index (κ1) is 20.8. The van der Waals surface area contributed by atoms with Gasteiger partial charge in [0.1, 0.15) is 29.1 Å². The molecule has 5 nitrogen and oxygen atoms in total. The summed E-state index contributed by atoms with van der Waals surface area (Å²) in [4.78, 5) is 20.9. The molecule has 1 saturated carbocycles. The van der Waals surface area contributed by atoms with Gasteiger partial charge in [-0.15, -0.1) is 0 Å². The molecule has 4 rings (SSSR count). The summed E-state index contributed by atoms with van der Waals surface area (Å²) in [6, 6.07) is 3.80. The molecule has 0 bridgehead atoms. The minimum Gasteiger partial charge on any atom is -0.365 e. The monoisotopic (exact) mass is 484 g/mol. The van der Waals surface area contributed by atoms with E-state index in [2.05, 4.69) is 31.2 Å². The third-order valence-corrected chi connectivity index (χ3v) is 6.06. The van der Waals surface area contributed by atoms with Crippen LogP contribution in [0.4, 0.5) is 23.4 Å². The van der Waals surface area contributed by atoms with Gasteiger partial charge in [-0.2, -0.15) is 0 Å². The van der Waals surface area contributed by atoms with E-state index in [4.69, 9.17) is 0 Å². The lowest BCUT2D eigenvalue weighted by Gasteiger charge is -2.18. The molecule has 0 radical (unpaired) electrons. The normalized spacial score (nSPS) is 15.4. The van der Waals surface area contributed by atoms with Crippen molar-refractivity contribution >= 4 is 32.7 Å². The van der Waals surface area contributed by atoms with Crippen LogP contribution in [0.3, 0.4) is 0 Å². The van der Waals surface area contributed by atoms with Crippen molar-refractivity contribution in [3.05, 3.63) is 62.5 Å². The van der Waals surface area contributed by atoms with E-state index < -0.39 is 35.1 Å². The van der Waals surface area contributed by atoms with Crippen LogP contribution in [-0.2, 0) is 18.0 Å². The standard InChI is InChI=1S/C20H17BrF4N4O/c1-19(24,25)13-4-2-3-11(15(13)23)7-26-17-12-8-29(20(9-22)5-6-20)18(30)14(21)16(12)27-10-28-17/h2-4,8,10H,5-7,9H2,1H3,(H,26,27,28). The van der Waals surface area contributed by atoms with Crippen LogP contribution >= 0.6 is 15.9 Å². The Kier molecular flexibility index (Phi) is 5.08. The molecule has 1 aliphatic carbocycles. The molecular formula is C20H17BrF4N4O. The van der Waals surface area contributed by atoms with Crippen LogP contribution in [0, 0.1) is 5.82 Å². The van der Waals surface area contributed by atoms with Crippen molar-refractivity contribution in [3.8, 4) is 0 Å². The molecule has 0 unspecified atom stereocenters. The van der Waals surface area contributed by atoms with Crippen LogP contribution in [0.15, 0.2) is 40.0 Å². The predicted molar refractivity (Wildman–Crippen MR) is 108 cm³/mol. The van der Waals surface area contributed by atoms with E-state index >= 15 is 0 Å². The Labute approximate surface area is 177 Å². The molecule has 2 heterocycles. The molecule has 0 saturated heterocycles. The van der Waals surface area contributed by atoms with E-state index in [1.807, 2.05) is 0 Å². The number of hydrogen-bond acceptors (Lipinski definition) is 4. The highest BCUT2D eigenvalue weighted by Crippen LogP contribution is 2.44. The van der Waals surface area contributed by atoms with Crippen LogP contribution in [0.1, 0.15) is 30.9 Å². The van der Waals surface area contributed by atoms with Gasteiger partial charge in [-0.1, -0.05) is 18.2 Å². The average Bonchev–Trinajstić information content (AvgIpc) is 3.50. The molecular weight excluding hydrogens is 468 g/mol. The topological polar surface area (TPSA) is 59.8 Å². The number of rotatable bonds is 6. The fourth-order valence-electron chi connectivity index (χ4n) is 3.40. The first-order valence-electron chi connectivity index (χ1n) is 9.20. The number of nitrogens with zero attached hydrogens (tertiary/aromatic N) is 3. The number of benzene rings is 1. The summed E-state index contributed by atoms with van der Waals surface area (Å²) >= 11 is 3.24. The number of fused-ring (bicyclic) bond motifs is 1. The second kappa shape index (κ2) is 7.33. The highest BCUT2D eigenvalue weighted by atomic mass is 79.9. The summed E-state index contributed by atoms with van der Waals surface area (Å²) in [5, 5.41) is 3.35. The Hall–Kier alpha value is -2.49. The maximum atomic E-state index is 14.5. The molecule has 0 amide bonds. The lowest BCUT2D eigenvalue weighted by Crippen LogP contribution is -2.32. The molecule has 158 valence electrons. The lowest BCUT2D eigenvalue weighted by atomic mass is 10.0. The first-order valence-corrected chi connectivity index (χ1v) is 9.99. The lowest BCUT2D eigenvalue weighted by molar-refractivity contribution is 0.0136. The molecule has 0 atom stereocenters. The number of halogens is 5. The minimum absolute atomic E-state index is 0.0376. The second-order valence-electron chi connectivity index (χ2n) is 7.48. The van der Waals surface area contributed by atoms with E-state index in [-0.39, 0.29) is 22.4 Å². The quantitative estimate of drug-likeness (QED) is 0.506. The van der Waals surface area contributed by atoms with Crippen LogP contribution in [-0.4, -0.2) is 21.2 Å². The van der Waals surface area contributed by atoms with Crippen molar-refractivity contribution in [1.82, 2.24) is 14.5 Å². The number of aromatic nitrogens is 3. The first-order chi connectivity index (χ1) is 14.2. The third kappa shape index (κ3) is 3.46. The Bertz CT molecular complexity index is 1190. The highest BCUT2D eigenvalue weighted by molar-refractivity contribution is 9.10. The van der Waals surface area contributed by atoms with Gasteiger partial charge in [0.2, 0.25) is 0 Å². The van der Waals surface area contributed by atoms with Crippen molar-refractivity contribution in [3.63, 3.8) is 0 Å². The zero-order valence-electron chi connectivity index (χ0n) is 15.9. The summed E-state index contributed by atoms with van der Waals surface area (Å²) in [5.41, 5.74) is -1.60. The zero-order valence-corrected chi connectivity index (χ0v) is 17.4. The Morgan fingerprint density at radius 2 is 2.03 bits per heavy atom. The van der Waals surface area contributed by atoms with E-state index in [0.717, 1.165) is 6.07 Å². The van der Waals surface area contributed by atoms with E-state index in [0.29, 0.717) is 30.7 Å². The SMILES string of the molecule is CC(F)(F)c1cccc(CNc2ncnc3c(Br)c(=O)n(C4(CF)CC4)cc23)c1F. The van der Waals surface area contributed by atoms with Crippen molar-refractivity contribution in [1.29, 1.82) is 0 Å². The molecule has 1 fully saturated rings. The van der Waals surface area contributed by atoms with Crippen molar-refractivity contribution < 1.29 is 17.6 Å². The summed E-state index contributed by atoms with van der Waals surface area (Å²) in [5.74, 6) is -4.03. The van der Waals surface area contributed by atoms with Gasteiger partial charge in [-0.05, 0) is 28.8 Å². The molecule has 0 aliphatic heterocycles. The van der Waals surface area contributed by atoms with Gasteiger partial charge in [0.25, 0.3) is 11.5 Å². The molecule has 10 heteroatoms. The largest absolute Gasteiger partial charge is 0.365 e. The van der Waals surface area contributed by atoms with Crippen molar-refractivity contribution in [2.24, 2.45) is 0 Å². The second-order valence-corrected chi connectivity index (χ2v) is 8.27. The summed E-state index contributed by atoms with van der Waals surface area (Å²) in [6.07, 6.45) is 3.81. The van der Waals surface area contributed by atoms with Gasteiger partial charge in [0, 0.05) is 25.2 Å². The maximum Gasteiger partial charge on any atom is 0.273 e.